The number of halogens is 1. The molecule has 0 saturated heterocycles. The fraction of sp³-hybridized carbons (Fsp3) is 0.421. The van der Waals surface area contributed by atoms with Crippen molar-refractivity contribution in [2.45, 2.75) is 33.0 Å². The van der Waals surface area contributed by atoms with Gasteiger partial charge in [-0.2, -0.15) is 11.3 Å². The number of likely N-dealkylation sites (N-methyl/N-ethyl adjacent to an activating group) is 1. The summed E-state index contributed by atoms with van der Waals surface area (Å²) in [5, 5.41) is 11.0. The first-order valence-electron chi connectivity index (χ1n) is 8.46. The van der Waals surface area contributed by atoms with Crippen molar-refractivity contribution in [2.24, 2.45) is 4.99 Å². The molecule has 6 heteroatoms. The largest absolute Gasteiger partial charge is 0.357 e. The van der Waals surface area contributed by atoms with Gasteiger partial charge in [0, 0.05) is 25.7 Å². The maximum Gasteiger partial charge on any atom is 0.191 e. The Kier molecular flexibility index (Phi) is 10.8. The molecule has 2 N–H and O–H groups in total. The molecule has 0 aliphatic carbocycles. The SMILES string of the molecule is CCNC(=NCc1ccsc1)NCC(C)N(C)Cc1ccccc1.I. The Morgan fingerprint density at radius 2 is 1.92 bits per heavy atom. The molecule has 0 aliphatic heterocycles. The van der Waals surface area contributed by atoms with Crippen molar-refractivity contribution in [2.75, 3.05) is 20.1 Å². The predicted octanol–water partition coefficient (Wildman–Crippen LogP) is 3.94. The second kappa shape index (κ2) is 12.3. The average molecular weight is 472 g/mol. The first-order chi connectivity index (χ1) is 11.7. The quantitative estimate of drug-likeness (QED) is 0.348. The van der Waals surface area contributed by atoms with Gasteiger partial charge < -0.3 is 10.6 Å². The molecule has 4 nitrogen and oxygen atoms in total. The molecule has 1 atom stereocenters. The number of nitrogens with zero attached hydrogens (tertiary/aromatic N) is 2. The highest BCUT2D eigenvalue weighted by molar-refractivity contribution is 14.0. The van der Waals surface area contributed by atoms with Crippen LogP contribution in [0.15, 0.2) is 52.2 Å². The summed E-state index contributed by atoms with van der Waals surface area (Å²) in [6, 6.07) is 13.1. The zero-order valence-electron chi connectivity index (χ0n) is 15.2. The van der Waals surface area contributed by atoms with Crippen LogP contribution in [-0.4, -0.2) is 37.0 Å². The normalized spacial score (nSPS) is 12.6. The van der Waals surface area contributed by atoms with Gasteiger partial charge in [-0.3, -0.25) is 4.90 Å². The lowest BCUT2D eigenvalue weighted by Gasteiger charge is -2.25. The number of guanidine groups is 1. The highest BCUT2D eigenvalue weighted by atomic mass is 127. The molecule has 25 heavy (non-hydrogen) atoms. The van der Waals surface area contributed by atoms with E-state index in [1.54, 1.807) is 11.3 Å². The summed E-state index contributed by atoms with van der Waals surface area (Å²) in [6.45, 7) is 7.72. The first-order valence-corrected chi connectivity index (χ1v) is 9.40. The van der Waals surface area contributed by atoms with Gasteiger partial charge >= 0.3 is 0 Å². The van der Waals surface area contributed by atoms with E-state index in [1.165, 1.54) is 11.1 Å². The second-order valence-corrected chi connectivity index (χ2v) is 6.74. The van der Waals surface area contributed by atoms with E-state index >= 15 is 0 Å². The second-order valence-electron chi connectivity index (χ2n) is 5.96. The molecular weight excluding hydrogens is 443 g/mol. The van der Waals surface area contributed by atoms with Crippen molar-refractivity contribution in [3.8, 4) is 0 Å². The molecule has 1 unspecified atom stereocenters. The van der Waals surface area contributed by atoms with Gasteiger partial charge in [0.15, 0.2) is 5.96 Å². The van der Waals surface area contributed by atoms with Crippen molar-refractivity contribution in [1.29, 1.82) is 0 Å². The van der Waals surface area contributed by atoms with Gasteiger partial charge in [-0.25, -0.2) is 4.99 Å². The van der Waals surface area contributed by atoms with E-state index in [-0.39, 0.29) is 24.0 Å². The van der Waals surface area contributed by atoms with Crippen LogP contribution in [0.2, 0.25) is 0 Å². The zero-order valence-corrected chi connectivity index (χ0v) is 18.4. The molecule has 0 amide bonds. The van der Waals surface area contributed by atoms with E-state index in [9.17, 15) is 0 Å². The monoisotopic (exact) mass is 472 g/mol. The molecule has 0 spiro atoms. The standard InChI is InChI=1S/C19H28N4S.HI/c1-4-20-19(22-13-18-10-11-24-15-18)21-12-16(2)23(3)14-17-8-6-5-7-9-17;/h5-11,15-16H,4,12-14H2,1-3H3,(H2,20,21,22);1H. The number of benzene rings is 1. The molecule has 138 valence electrons. The van der Waals surface area contributed by atoms with Crippen LogP contribution in [0.25, 0.3) is 0 Å². The Morgan fingerprint density at radius 3 is 2.56 bits per heavy atom. The molecule has 0 saturated carbocycles. The zero-order chi connectivity index (χ0) is 17.2. The van der Waals surface area contributed by atoms with Crippen LogP contribution < -0.4 is 10.6 Å². The molecule has 2 aromatic rings. The first kappa shape index (κ1) is 21.9. The van der Waals surface area contributed by atoms with Gasteiger partial charge in [-0.05, 0) is 48.8 Å². The van der Waals surface area contributed by atoms with Gasteiger partial charge in [0.05, 0.1) is 6.54 Å². The van der Waals surface area contributed by atoms with Crippen LogP contribution in [0.1, 0.15) is 25.0 Å². The number of nitrogens with one attached hydrogen (secondary N) is 2. The minimum Gasteiger partial charge on any atom is -0.357 e. The smallest absolute Gasteiger partial charge is 0.191 e. The Bertz CT molecular complexity index is 601. The van der Waals surface area contributed by atoms with E-state index in [4.69, 9.17) is 0 Å². The molecule has 0 fully saturated rings. The number of thiophene rings is 1. The molecule has 1 aromatic heterocycles. The lowest BCUT2D eigenvalue weighted by Crippen LogP contribution is -2.44. The summed E-state index contributed by atoms with van der Waals surface area (Å²) in [5.41, 5.74) is 2.59. The van der Waals surface area contributed by atoms with Gasteiger partial charge in [0.2, 0.25) is 0 Å². The van der Waals surface area contributed by atoms with Crippen molar-refractivity contribution in [1.82, 2.24) is 15.5 Å². The maximum absolute atomic E-state index is 4.65. The minimum absolute atomic E-state index is 0. The highest BCUT2D eigenvalue weighted by Crippen LogP contribution is 2.07. The molecule has 0 bridgehead atoms. The van der Waals surface area contributed by atoms with E-state index in [0.29, 0.717) is 12.6 Å². The van der Waals surface area contributed by atoms with Crippen LogP contribution >= 0.6 is 35.3 Å². The fourth-order valence-corrected chi connectivity index (χ4v) is 2.98. The molecule has 1 aromatic carbocycles. The van der Waals surface area contributed by atoms with Gasteiger partial charge in [-0.15, -0.1) is 24.0 Å². The van der Waals surface area contributed by atoms with Crippen LogP contribution in [0, 0.1) is 0 Å². The number of hydrogen-bond donors (Lipinski definition) is 2. The molecular formula is C19H29IN4S. The number of aliphatic imine (C=N–C) groups is 1. The highest BCUT2D eigenvalue weighted by Gasteiger charge is 2.10. The Labute approximate surface area is 172 Å². The van der Waals surface area contributed by atoms with Crippen LogP contribution in [0.4, 0.5) is 0 Å². The van der Waals surface area contributed by atoms with E-state index < -0.39 is 0 Å². The van der Waals surface area contributed by atoms with E-state index in [1.807, 2.05) is 0 Å². The Hall–Kier alpha value is -1.12. The average Bonchev–Trinajstić information content (AvgIpc) is 3.11. The summed E-state index contributed by atoms with van der Waals surface area (Å²) < 4.78 is 0. The van der Waals surface area contributed by atoms with Crippen LogP contribution in [0.5, 0.6) is 0 Å². The van der Waals surface area contributed by atoms with Crippen molar-refractivity contribution in [3.05, 3.63) is 58.3 Å². The fourth-order valence-electron chi connectivity index (χ4n) is 2.32. The van der Waals surface area contributed by atoms with Crippen molar-refractivity contribution < 1.29 is 0 Å². The summed E-state index contributed by atoms with van der Waals surface area (Å²) >= 11 is 1.71. The number of hydrogen-bond acceptors (Lipinski definition) is 3. The predicted molar refractivity (Wildman–Crippen MR) is 120 cm³/mol. The molecule has 2 rings (SSSR count). The summed E-state index contributed by atoms with van der Waals surface area (Å²) in [6.07, 6.45) is 0. The minimum atomic E-state index is 0. The third-order valence-corrected chi connectivity index (χ3v) is 4.67. The van der Waals surface area contributed by atoms with Crippen molar-refractivity contribution >= 4 is 41.3 Å². The van der Waals surface area contributed by atoms with Gasteiger partial charge in [0.25, 0.3) is 0 Å². The Balaban J connectivity index is 0.00000312. The third-order valence-electron chi connectivity index (χ3n) is 3.94. The topological polar surface area (TPSA) is 39.7 Å². The third kappa shape index (κ3) is 8.20. The van der Waals surface area contributed by atoms with Gasteiger partial charge in [-0.1, -0.05) is 30.3 Å². The van der Waals surface area contributed by atoms with Crippen molar-refractivity contribution in [3.63, 3.8) is 0 Å². The van der Waals surface area contributed by atoms with Crippen LogP contribution in [0.3, 0.4) is 0 Å². The summed E-state index contributed by atoms with van der Waals surface area (Å²) in [4.78, 5) is 7.01. The maximum atomic E-state index is 4.65. The lowest BCUT2D eigenvalue weighted by molar-refractivity contribution is 0.249. The number of rotatable bonds is 8. The summed E-state index contributed by atoms with van der Waals surface area (Å²) in [5.74, 6) is 0.878. The Morgan fingerprint density at radius 1 is 1.16 bits per heavy atom. The van der Waals surface area contributed by atoms with E-state index in [0.717, 1.165) is 25.6 Å². The lowest BCUT2D eigenvalue weighted by atomic mass is 10.2. The van der Waals surface area contributed by atoms with E-state index in [2.05, 4.69) is 88.6 Å². The molecule has 0 aliphatic rings. The molecule has 0 radical (unpaired) electrons. The summed E-state index contributed by atoms with van der Waals surface area (Å²) in [7, 11) is 2.16. The van der Waals surface area contributed by atoms with Gasteiger partial charge in [0.1, 0.15) is 0 Å². The van der Waals surface area contributed by atoms with Crippen LogP contribution in [-0.2, 0) is 13.1 Å². The molecule has 1 heterocycles.